The molecule has 1 amide bonds. The Balaban J connectivity index is 2.22. The minimum Gasteiger partial charge on any atom is -0.355 e. The molecule has 1 rings (SSSR count). The number of hydrogen-bond donors (Lipinski definition) is 1. The summed E-state index contributed by atoms with van der Waals surface area (Å²) in [5.74, 6) is 0.964. The van der Waals surface area contributed by atoms with Crippen LogP contribution in [-0.4, -0.2) is 28.4 Å². The summed E-state index contributed by atoms with van der Waals surface area (Å²) in [6.45, 7) is 6.78. The standard InChI is InChI=1S/C9H15N3OS2/c1-6(2)4-10-8(13)5-14-9-12-11-7(3)15-9/h6H,4-5H2,1-3H3,(H,10,13). The molecular formula is C9H15N3OS2. The minimum absolute atomic E-state index is 0.0570. The molecular weight excluding hydrogens is 230 g/mol. The molecule has 1 aromatic heterocycles. The Hall–Kier alpha value is -0.620. The second-order valence-electron chi connectivity index (χ2n) is 3.57. The Bertz CT molecular complexity index is 325. The molecule has 0 aliphatic heterocycles. The van der Waals surface area contributed by atoms with Crippen molar-refractivity contribution in [2.75, 3.05) is 12.3 Å². The van der Waals surface area contributed by atoms with Gasteiger partial charge in [-0.1, -0.05) is 36.9 Å². The van der Waals surface area contributed by atoms with Crippen LogP contribution in [0.1, 0.15) is 18.9 Å². The maximum atomic E-state index is 11.4. The summed E-state index contributed by atoms with van der Waals surface area (Å²) in [5, 5.41) is 11.6. The Morgan fingerprint density at radius 1 is 1.53 bits per heavy atom. The van der Waals surface area contributed by atoms with Gasteiger partial charge in [-0.2, -0.15) is 0 Å². The van der Waals surface area contributed by atoms with Crippen molar-refractivity contribution in [3.05, 3.63) is 5.01 Å². The maximum Gasteiger partial charge on any atom is 0.230 e. The third kappa shape index (κ3) is 5.13. The monoisotopic (exact) mass is 245 g/mol. The molecule has 0 aromatic carbocycles. The van der Waals surface area contributed by atoms with Gasteiger partial charge < -0.3 is 5.32 Å². The fraction of sp³-hybridized carbons (Fsp3) is 0.667. The molecule has 1 aromatic rings. The number of amides is 1. The van der Waals surface area contributed by atoms with Gasteiger partial charge in [-0.05, 0) is 12.8 Å². The normalized spacial score (nSPS) is 10.7. The summed E-state index contributed by atoms with van der Waals surface area (Å²) < 4.78 is 0.854. The molecule has 0 bridgehead atoms. The number of aromatic nitrogens is 2. The number of hydrogen-bond acceptors (Lipinski definition) is 5. The average Bonchev–Trinajstić information content (AvgIpc) is 2.58. The van der Waals surface area contributed by atoms with Crippen LogP contribution in [0.5, 0.6) is 0 Å². The molecule has 0 aliphatic carbocycles. The summed E-state index contributed by atoms with van der Waals surface area (Å²) in [4.78, 5) is 11.4. The van der Waals surface area contributed by atoms with Gasteiger partial charge in [0.25, 0.3) is 0 Å². The predicted molar refractivity (Wildman–Crippen MR) is 63.2 cm³/mol. The van der Waals surface area contributed by atoms with Crippen molar-refractivity contribution in [2.45, 2.75) is 25.1 Å². The highest BCUT2D eigenvalue weighted by atomic mass is 32.2. The van der Waals surface area contributed by atoms with Gasteiger partial charge in [-0.15, -0.1) is 10.2 Å². The van der Waals surface area contributed by atoms with Gasteiger partial charge in [-0.25, -0.2) is 0 Å². The zero-order valence-corrected chi connectivity index (χ0v) is 10.7. The van der Waals surface area contributed by atoms with Gasteiger partial charge in [0.1, 0.15) is 5.01 Å². The summed E-state index contributed by atoms with van der Waals surface area (Å²) in [5.41, 5.74) is 0. The molecule has 4 nitrogen and oxygen atoms in total. The Kier molecular flexibility index (Phi) is 5.04. The summed E-state index contributed by atoms with van der Waals surface area (Å²) in [6.07, 6.45) is 0. The van der Waals surface area contributed by atoms with Gasteiger partial charge in [0.05, 0.1) is 5.75 Å². The molecule has 1 N–H and O–H groups in total. The Morgan fingerprint density at radius 2 is 2.27 bits per heavy atom. The van der Waals surface area contributed by atoms with Gasteiger partial charge >= 0.3 is 0 Å². The summed E-state index contributed by atoms with van der Waals surface area (Å²) in [6, 6.07) is 0. The van der Waals surface area contributed by atoms with Crippen LogP contribution in [0.3, 0.4) is 0 Å². The molecule has 0 spiro atoms. The van der Waals surface area contributed by atoms with Crippen molar-refractivity contribution in [1.82, 2.24) is 15.5 Å². The summed E-state index contributed by atoms with van der Waals surface area (Å²) >= 11 is 2.95. The quantitative estimate of drug-likeness (QED) is 0.802. The van der Waals surface area contributed by atoms with E-state index in [2.05, 4.69) is 29.4 Å². The predicted octanol–water partition coefficient (Wildman–Crippen LogP) is 1.71. The van der Waals surface area contributed by atoms with Crippen LogP contribution in [0.4, 0.5) is 0 Å². The molecule has 6 heteroatoms. The first-order chi connectivity index (χ1) is 7.08. The molecule has 0 radical (unpaired) electrons. The number of nitrogens with zero attached hydrogens (tertiary/aromatic N) is 2. The highest BCUT2D eigenvalue weighted by molar-refractivity contribution is 8.01. The molecule has 0 unspecified atom stereocenters. The second kappa shape index (κ2) is 6.07. The zero-order valence-electron chi connectivity index (χ0n) is 9.11. The highest BCUT2D eigenvalue weighted by Crippen LogP contribution is 2.21. The molecule has 0 aliphatic rings. The molecule has 0 saturated heterocycles. The van der Waals surface area contributed by atoms with Crippen molar-refractivity contribution >= 4 is 29.0 Å². The maximum absolute atomic E-state index is 11.4. The number of aryl methyl sites for hydroxylation is 1. The van der Waals surface area contributed by atoms with Crippen molar-refractivity contribution in [1.29, 1.82) is 0 Å². The number of carbonyl (C=O) groups excluding carboxylic acids is 1. The fourth-order valence-corrected chi connectivity index (χ4v) is 2.48. The van der Waals surface area contributed by atoms with Crippen LogP contribution < -0.4 is 5.32 Å². The van der Waals surface area contributed by atoms with E-state index in [9.17, 15) is 4.79 Å². The van der Waals surface area contributed by atoms with E-state index in [1.165, 1.54) is 23.1 Å². The first-order valence-electron chi connectivity index (χ1n) is 4.77. The smallest absolute Gasteiger partial charge is 0.230 e. The first kappa shape index (κ1) is 12.4. The van der Waals surface area contributed by atoms with Crippen LogP contribution in [-0.2, 0) is 4.79 Å². The average molecular weight is 245 g/mol. The van der Waals surface area contributed by atoms with Crippen LogP contribution in [0.2, 0.25) is 0 Å². The van der Waals surface area contributed by atoms with Crippen LogP contribution in [0.25, 0.3) is 0 Å². The first-order valence-corrected chi connectivity index (χ1v) is 6.57. The van der Waals surface area contributed by atoms with Crippen LogP contribution in [0.15, 0.2) is 4.34 Å². The number of nitrogens with one attached hydrogen (secondary N) is 1. The summed E-state index contributed by atoms with van der Waals surface area (Å²) in [7, 11) is 0. The molecule has 0 fully saturated rings. The lowest BCUT2D eigenvalue weighted by Crippen LogP contribution is -2.28. The SMILES string of the molecule is Cc1nnc(SCC(=O)NCC(C)C)s1. The molecule has 15 heavy (non-hydrogen) atoms. The topological polar surface area (TPSA) is 54.9 Å². The van der Waals surface area contributed by atoms with E-state index in [0.29, 0.717) is 11.7 Å². The highest BCUT2D eigenvalue weighted by Gasteiger charge is 2.06. The zero-order chi connectivity index (χ0) is 11.3. The number of carbonyl (C=O) groups is 1. The van der Waals surface area contributed by atoms with Crippen molar-refractivity contribution in [2.24, 2.45) is 5.92 Å². The van der Waals surface area contributed by atoms with E-state index >= 15 is 0 Å². The minimum atomic E-state index is 0.0570. The molecule has 0 atom stereocenters. The molecule has 84 valence electrons. The van der Waals surface area contributed by atoms with Crippen LogP contribution in [0, 0.1) is 12.8 Å². The second-order valence-corrected chi connectivity index (χ2v) is 5.98. The van der Waals surface area contributed by atoms with Crippen molar-refractivity contribution in [3.63, 3.8) is 0 Å². The van der Waals surface area contributed by atoms with E-state index in [1.54, 1.807) is 0 Å². The van der Waals surface area contributed by atoms with Gasteiger partial charge in [0.2, 0.25) is 5.91 Å². The van der Waals surface area contributed by atoms with E-state index < -0.39 is 0 Å². The molecule has 1 heterocycles. The number of rotatable bonds is 5. The van der Waals surface area contributed by atoms with E-state index in [0.717, 1.165) is 15.9 Å². The van der Waals surface area contributed by atoms with E-state index in [4.69, 9.17) is 0 Å². The van der Waals surface area contributed by atoms with Gasteiger partial charge in [-0.3, -0.25) is 4.79 Å². The lowest BCUT2D eigenvalue weighted by Gasteiger charge is -2.05. The largest absolute Gasteiger partial charge is 0.355 e. The van der Waals surface area contributed by atoms with Gasteiger partial charge in [0.15, 0.2) is 4.34 Å². The van der Waals surface area contributed by atoms with E-state index in [-0.39, 0.29) is 5.91 Å². The Morgan fingerprint density at radius 3 is 2.80 bits per heavy atom. The number of thioether (sulfide) groups is 1. The van der Waals surface area contributed by atoms with E-state index in [1.807, 2.05) is 6.92 Å². The van der Waals surface area contributed by atoms with Gasteiger partial charge in [0, 0.05) is 6.54 Å². The fourth-order valence-electron chi connectivity index (χ4n) is 0.833. The Labute approximate surface area is 97.9 Å². The lowest BCUT2D eigenvalue weighted by molar-refractivity contribution is -0.118. The third-order valence-electron chi connectivity index (χ3n) is 1.54. The molecule has 0 saturated carbocycles. The lowest BCUT2D eigenvalue weighted by atomic mass is 10.2. The van der Waals surface area contributed by atoms with Crippen molar-refractivity contribution in [3.8, 4) is 0 Å². The van der Waals surface area contributed by atoms with Crippen LogP contribution >= 0.6 is 23.1 Å². The third-order valence-corrected chi connectivity index (χ3v) is 3.51. The van der Waals surface area contributed by atoms with Crippen molar-refractivity contribution < 1.29 is 4.79 Å².